The third-order valence-electron chi connectivity index (χ3n) is 1.71. The smallest absolute Gasteiger partial charge is 0.271 e. The van der Waals surface area contributed by atoms with Crippen LogP contribution in [0.1, 0.15) is 0 Å². The molecular formula is C9H9ClN2O3S. The van der Waals surface area contributed by atoms with E-state index in [4.69, 9.17) is 11.6 Å². The van der Waals surface area contributed by atoms with Crippen molar-refractivity contribution in [3.8, 4) is 0 Å². The Hall–Kier alpha value is -1.27. The third-order valence-corrected chi connectivity index (χ3v) is 2.58. The fraction of sp³-hybridized carbons (Fsp3) is 0.222. The third kappa shape index (κ3) is 3.39. The Morgan fingerprint density at radius 2 is 2.31 bits per heavy atom. The molecule has 16 heavy (non-hydrogen) atoms. The van der Waals surface area contributed by atoms with Gasteiger partial charge in [-0.1, -0.05) is 11.6 Å². The number of carbonyl (C=O) groups is 1. The van der Waals surface area contributed by atoms with Crippen LogP contribution in [-0.2, 0) is 4.79 Å². The molecule has 0 aliphatic rings. The van der Waals surface area contributed by atoms with Gasteiger partial charge in [-0.15, -0.1) is 0 Å². The topological polar surface area (TPSA) is 72.2 Å². The molecule has 0 aliphatic carbocycles. The molecule has 7 heteroatoms. The standard InChI is InChI=1S/C9H9ClN2O3S/c1-16-5-9(13)11-8-3-2-6(12(14)15)4-7(8)10/h2-4H,5H2,1H3,(H,11,13). The Labute approximate surface area is 101 Å². The van der Waals surface area contributed by atoms with Gasteiger partial charge in [-0.2, -0.15) is 11.8 Å². The summed E-state index contributed by atoms with van der Waals surface area (Å²) in [6, 6.07) is 3.91. The van der Waals surface area contributed by atoms with Crippen molar-refractivity contribution in [2.24, 2.45) is 0 Å². The first-order valence-electron chi connectivity index (χ1n) is 4.27. The van der Waals surface area contributed by atoms with Crippen LogP contribution in [0.15, 0.2) is 18.2 Å². The Balaban J connectivity index is 2.83. The van der Waals surface area contributed by atoms with Gasteiger partial charge in [0.05, 0.1) is 21.4 Å². The number of nitrogens with one attached hydrogen (secondary N) is 1. The van der Waals surface area contributed by atoms with E-state index >= 15 is 0 Å². The highest BCUT2D eigenvalue weighted by molar-refractivity contribution is 7.99. The first-order chi connectivity index (χ1) is 7.54. The van der Waals surface area contributed by atoms with Gasteiger partial charge in [0.25, 0.3) is 5.69 Å². The van der Waals surface area contributed by atoms with Crippen molar-refractivity contribution >= 4 is 40.6 Å². The minimum absolute atomic E-state index is 0.104. The van der Waals surface area contributed by atoms with Crippen LogP contribution in [0.5, 0.6) is 0 Å². The lowest BCUT2D eigenvalue weighted by Crippen LogP contribution is -2.14. The SMILES string of the molecule is CSCC(=O)Nc1ccc([N+](=O)[O-])cc1Cl. The average Bonchev–Trinajstić information content (AvgIpc) is 2.21. The average molecular weight is 261 g/mol. The molecule has 0 saturated heterocycles. The van der Waals surface area contributed by atoms with Crippen molar-refractivity contribution < 1.29 is 9.72 Å². The lowest BCUT2D eigenvalue weighted by molar-refractivity contribution is -0.384. The number of carbonyl (C=O) groups excluding carboxylic acids is 1. The number of nitro benzene ring substituents is 1. The van der Waals surface area contributed by atoms with Crippen LogP contribution in [-0.4, -0.2) is 22.8 Å². The first kappa shape index (κ1) is 12.8. The van der Waals surface area contributed by atoms with E-state index < -0.39 is 4.92 Å². The minimum Gasteiger partial charge on any atom is -0.324 e. The summed E-state index contributed by atoms with van der Waals surface area (Å²) >= 11 is 7.17. The van der Waals surface area contributed by atoms with Crippen LogP contribution >= 0.6 is 23.4 Å². The number of hydrogen-bond acceptors (Lipinski definition) is 4. The van der Waals surface area contributed by atoms with Crippen molar-refractivity contribution in [3.63, 3.8) is 0 Å². The predicted octanol–water partition coefficient (Wildman–Crippen LogP) is 2.55. The van der Waals surface area contributed by atoms with Crippen molar-refractivity contribution in [2.75, 3.05) is 17.3 Å². The molecule has 0 fully saturated rings. The number of nitrogens with zero attached hydrogens (tertiary/aromatic N) is 1. The van der Waals surface area contributed by atoms with E-state index in [1.54, 1.807) is 6.26 Å². The van der Waals surface area contributed by atoms with Crippen LogP contribution in [0.4, 0.5) is 11.4 Å². The molecule has 0 aliphatic heterocycles. The number of nitro groups is 1. The molecule has 1 amide bonds. The fourth-order valence-corrected chi connectivity index (χ4v) is 1.59. The summed E-state index contributed by atoms with van der Waals surface area (Å²) in [5.74, 6) is 0.121. The zero-order valence-electron chi connectivity index (χ0n) is 8.40. The van der Waals surface area contributed by atoms with Gasteiger partial charge in [0, 0.05) is 12.1 Å². The molecule has 86 valence electrons. The summed E-state index contributed by atoms with van der Waals surface area (Å²) in [7, 11) is 0. The van der Waals surface area contributed by atoms with Gasteiger partial charge in [0.2, 0.25) is 5.91 Å². The van der Waals surface area contributed by atoms with Crippen molar-refractivity contribution in [1.29, 1.82) is 0 Å². The summed E-state index contributed by atoms with van der Waals surface area (Å²) in [5, 5.41) is 13.2. The monoisotopic (exact) mass is 260 g/mol. The highest BCUT2D eigenvalue weighted by atomic mass is 35.5. The second-order valence-electron chi connectivity index (χ2n) is 2.90. The number of amides is 1. The van der Waals surface area contributed by atoms with E-state index in [1.807, 2.05) is 0 Å². The summed E-state index contributed by atoms with van der Waals surface area (Å²) < 4.78 is 0. The van der Waals surface area contributed by atoms with Crippen LogP contribution in [0, 0.1) is 10.1 Å². The summed E-state index contributed by atoms with van der Waals surface area (Å²) in [5.41, 5.74) is 0.277. The highest BCUT2D eigenvalue weighted by Gasteiger charge is 2.10. The number of non-ortho nitro benzene ring substituents is 1. The van der Waals surface area contributed by atoms with Crippen molar-refractivity contribution in [2.45, 2.75) is 0 Å². The molecular weight excluding hydrogens is 252 g/mol. The minimum atomic E-state index is -0.542. The van der Waals surface area contributed by atoms with Gasteiger partial charge in [0.15, 0.2) is 0 Å². The number of thioether (sulfide) groups is 1. The number of rotatable bonds is 4. The quantitative estimate of drug-likeness (QED) is 0.667. The summed E-state index contributed by atoms with van der Waals surface area (Å²) in [6.07, 6.45) is 1.80. The number of benzene rings is 1. The maximum Gasteiger partial charge on any atom is 0.271 e. The lowest BCUT2D eigenvalue weighted by atomic mass is 10.3. The van der Waals surface area contributed by atoms with Crippen LogP contribution < -0.4 is 5.32 Å². The Kier molecular flexibility index (Phi) is 4.57. The highest BCUT2D eigenvalue weighted by Crippen LogP contribution is 2.26. The van der Waals surface area contributed by atoms with E-state index in [0.717, 1.165) is 0 Å². The summed E-state index contributed by atoms with van der Waals surface area (Å²) in [4.78, 5) is 21.2. The maximum atomic E-state index is 11.3. The molecule has 0 spiro atoms. The zero-order chi connectivity index (χ0) is 12.1. The Morgan fingerprint density at radius 1 is 1.62 bits per heavy atom. The van der Waals surface area contributed by atoms with E-state index in [-0.39, 0.29) is 16.6 Å². The van der Waals surface area contributed by atoms with Gasteiger partial charge < -0.3 is 5.32 Å². The van der Waals surface area contributed by atoms with Gasteiger partial charge in [-0.25, -0.2) is 0 Å². The zero-order valence-corrected chi connectivity index (χ0v) is 9.97. The van der Waals surface area contributed by atoms with Gasteiger partial charge in [-0.3, -0.25) is 14.9 Å². The van der Waals surface area contributed by atoms with Crippen LogP contribution in [0.3, 0.4) is 0 Å². The molecule has 0 heterocycles. The molecule has 1 aromatic carbocycles. The van der Waals surface area contributed by atoms with Crippen LogP contribution in [0.2, 0.25) is 5.02 Å². The molecule has 1 N–H and O–H groups in total. The van der Waals surface area contributed by atoms with Crippen molar-refractivity contribution in [3.05, 3.63) is 33.3 Å². The molecule has 0 atom stereocenters. The fourth-order valence-electron chi connectivity index (χ4n) is 1.04. The van der Waals surface area contributed by atoms with Crippen molar-refractivity contribution in [1.82, 2.24) is 0 Å². The molecule has 0 bridgehead atoms. The second kappa shape index (κ2) is 5.72. The Bertz CT molecular complexity index is 425. The maximum absolute atomic E-state index is 11.3. The molecule has 0 aromatic heterocycles. The van der Waals surface area contributed by atoms with E-state index in [1.165, 1.54) is 30.0 Å². The number of halogens is 1. The molecule has 0 radical (unpaired) electrons. The first-order valence-corrected chi connectivity index (χ1v) is 6.04. The predicted molar refractivity (Wildman–Crippen MR) is 65.1 cm³/mol. The van der Waals surface area contributed by atoms with Gasteiger partial charge >= 0.3 is 0 Å². The van der Waals surface area contributed by atoms with E-state index in [2.05, 4.69) is 5.32 Å². The normalized spacial score (nSPS) is 9.88. The summed E-state index contributed by atoms with van der Waals surface area (Å²) in [6.45, 7) is 0. The van der Waals surface area contributed by atoms with Gasteiger partial charge in [-0.05, 0) is 12.3 Å². The number of hydrogen-bond donors (Lipinski definition) is 1. The molecule has 1 aromatic rings. The van der Waals surface area contributed by atoms with Gasteiger partial charge in [0.1, 0.15) is 0 Å². The molecule has 0 saturated carbocycles. The second-order valence-corrected chi connectivity index (χ2v) is 4.18. The van der Waals surface area contributed by atoms with E-state index in [0.29, 0.717) is 11.4 Å². The molecule has 1 rings (SSSR count). The number of anilines is 1. The lowest BCUT2D eigenvalue weighted by Gasteiger charge is -2.05. The molecule has 5 nitrogen and oxygen atoms in total. The van der Waals surface area contributed by atoms with Crippen LogP contribution in [0.25, 0.3) is 0 Å². The Morgan fingerprint density at radius 3 is 2.81 bits per heavy atom. The largest absolute Gasteiger partial charge is 0.324 e. The molecule has 0 unspecified atom stereocenters. The van der Waals surface area contributed by atoms with E-state index in [9.17, 15) is 14.9 Å².